The Balaban J connectivity index is 2.02. The van der Waals surface area contributed by atoms with Crippen molar-refractivity contribution >= 4 is 17.8 Å². The molecule has 0 saturated heterocycles. The van der Waals surface area contributed by atoms with E-state index in [1.54, 1.807) is 31.2 Å². The van der Waals surface area contributed by atoms with Crippen molar-refractivity contribution in [3.63, 3.8) is 0 Å². The van der Waals surface area contributed by atoms with Crippen molar-refractivity contribution in [2.45, 2.75) is 13.0 Å². The second-order valence-electron chi connectivity index (χ2n) is 5.52. The lowest BCUT2D eigenvalue weighted by molar-refractivity contribution is -0.140. The van der Waals surface area contributed by atoms with Crippen LogP contribution in [0.15, 0.2) is 72.8 Å². The lowest BCUT2D eigenvalue weighted by Gasteiger charge is -2.19. The van der Waals surface area contributed by atoms with Gasteiger partial charge in [0.1, 0.15) is 6.61 Å². The summed E-state index contributed by atoms with van der Waals surface area (Å²) in [6, 6.07) is 17.4. The lowest BCUT2D eigenvalue weighted by atomic mass is 10.1. The van der Waals surface area contributed by atoms with Crippen molar-refractivity contribution in [2.75, 3.05) is 13.2 Å². The summed E-state index contributed by atoms with van der Waals surface area (Å²) in [7, 11) is 0. The first-order valence-electron chi connectivity index (χ1n) is 8.52. The molecule has 2 rings (SSSR count). The molecule has 140 valence electrons. The number of ether oxygens (including phenoxy) is 2. The van der Waals surface area contributed by atoms with Crippen molar-refractivity contribution in [2.24, 2.45) is 0 Å². The van der Waals surface area contributed by atoms with Crippen LogP contribution in [0.1, 0.15) is 28.9 Å². The Hall–Kier alpha value is -3.41. The van der Waals surface area contributed by atoms with Gasteiger partial charge in [0.25, 0.3) is 5.91 Å². The number of nitrogens with one attached hydrogen (secondary N) is 1. The van der Waals surface area contributed by atoms with Crippen LogP contribution in [0, 0.1) is 0 Å². The largest absolute Gasteiger partial charge is 0.463 e. The highest BCUT2D eigenvalue weighted by Crippen LogP contribution is 2.14. The monoisotopic (exact) mass is 367 g/mol. The summed E-state index contributed by atoms with van der Waals surface area (Å²) in [4.78, 5) is 35.5. The van der Waals surface area contributed by atoms with E-state index in [4.69, 9.17) is 9.47 Å². The zero-order chi connectivity index (χ0) is 19.5. The fourth-order valence-corrected chi connectivity index (χ4v) is 2.28. The third kappa shape index (κ3) is 6.78. The maximum Gasteiger partial charge on any atom is 0.331 e. The Kier molecular flexibility index (Phi) is 7.78. The van der Waals surface area contributed by atoms with Gasteiger partial charge in [0.05, 0.1) is 12.6 Å². The summed E-state index contributed by atoms with van der Waals surface area (Å²) >= 11 is 0. The Morgan fingerprint density at radius 1 is 0.889 bits per heavy atom. The molecule has 1 N–H and O–H groups in total. The first kappa shape index (κ1) is 19.9. The summed E-state index contributed by atoms with van der Waals surface area (Å²) in [5.74, 6) is -1.59. The van der Waals surface area contributed by atoms with Crippen molar-refractivity contribution in [3.8, 4) is 0 Å². The van der Waals surface area contributed by atoms with Crippen LogP contribution >= 0.6 is 0 Å². The molecule has 1 atom stereocenters. The van der Waals surface area contributed by atoms with Crippen molar-refractivity contribution in [1.29, 1.82) is 0 Å². The van der Waals surface area contributed by atoms with Gasteiger partial charge in [0.2, 0.25) is 0 Å². The van der Waals surface area contributed by atoms with E-state index in [1.165, 1.54) is 0 Å². The molecular formula is C21H21NO5. The molecule has 0 bridgehead atoms. The third-order valence-electron chi connectivity index (χ3n) is 3.58. The maximum atomic E-state index is 12.4. The minimum Gasteiger partial charge on any atom is -0.463 e. The number of benzene rings is 2. The van der Waals surface area contributed by atoms with Crippen LogP contribution < -0.4 is 5.32 Å². The van der Waals surface area contributed by atoms with Crippen molar-refractivity contribution < 1.29 is 23.9 Å². The molecule has 0 radical (unpaired) electrons. The Morgan fingerprint density at radius 2 is 1.44 bits per heavy atom. The molecule has 0 aliphatic carbocycles. The maximum absolute atomic E-state index is 12.4. The molecule has 1 amide bonds. The molecule has 0 aliphatic rings. The van der Waals surface area contributed by atoms with E-state index in [0.29, 0.717) is 5.56 Å². The summed E-state index contributed by atoms with van der Waals surface area (Å²) in [6.07, 6.45) is 2.00. The van der Waals surface area contributed by atoms with Gasteiger partial charge in [-0.15, -0.1) is 0 Å². The first-order chi connectivity index (χ1) is 13.1. The minimum absolute atomic E-state index is 0.0748. The summed E-state index contributed by atoms with van der Waals surface area (Å²) < 4.78 is 9.87. The molecule has 0 aliphatic heterocycles. The van der Waals surface area contributed by atoms with Gasteiger partial charge in [-0.05, 0) is 24.6 Å². The van der Waals surface area contributed by atoms with Crippen LogP contribution in [-0.2, 0) is 19.1 Å². The fourth-order valence-electron chi connectivity index (χ4n) is 2.28. The highest BCUT2D eigenvalue weighted by atomic mass is 16.5. The molecule has 0 heterocycles. The van der Waals surface area contributed by atoms with Gasteiger partial charge in [-0.1, -0.05) is 48.5 Å². The summed E-state index contributed by atoms with van der Waals surface area (Å²) in [5, 5.41) is 2.86. The predicted molar refractivity (Wildman–Crippen MR) is 99.8 cm³/mol. The smallest absolute Gasteiger partial charge is 0.331 e. The van der Waals surface area contributed by atoms with Gasteiger partial charge in [-0.25, -0.2) is 9.59 Å². The molecule has 2 aromatic carbocycles. The molecule has 0 spiro atoms. The number of amides is 1. The highest BCUT2D eigenvalue weighted by Gasteiger charge is 2.17. The van der Waals surface area contributed by atoms with Crippen molar-refractivity contribution in [3.05, 3.63) is 83.9 Å². The van der Waals surface area contributed by atoms with E-state index < -0.39 is 18.0 Å². The molecule has 2 aromatic rings. The topological polar surface area (TPSA) is 81.7 Å². The van der Waals surface area contributed by atoms with Crippen LogP contribution in [0.2, 0.25) is 0 Å². The predicted octanol–water partition coefficient (Wildman–Crippen LogP) is 2.82. The number of esters is 2. The van der Waals surface area contributed by atoms with Crippen LogP contribution in [0.5, 0.6) is 0 Å². The van der Waals surface area contributed by atoms with Gasteiger partial charge < -0.3 is 14.8 Å². The molecule has 27 heavy (non-hydrogen) atoms. The van der Waals surface area contributed by atoms with Gasteiger partial charge in [-0.2, -0.15) is 0 Å². The molecule has 0 aromatic heterocycles. The summed E-state index contributed by atoms with van der Waals surface area (Å²) in [6.45, 7) is 1.82. The average Bonchev–Trinajstić information content (AvgIpc) is 2.71. The van der Waals surface area contributed by atoms with Crippen LogP contribution in [0.3, 0.4) is 0 Å². The second-order valence-corrected chi connectivity index (χ2v) is 5.52. The normalized spacial score (nSPS) is 11.6. The molecule has 0 unspecified atom stereocenters. The molecule has 0 fully saturated rings. The van der Waals surface area contributed by atoms with E-state index in [1.807, 2.05) is 36.4 Å². The molecular weight excluding hydrogens is 346 g/mol. The number of rotatable bonds is 8. The van der Waals surface area contributed by atoms with Gasteiger partial charge >= 0.3 is 11.9 Å². The van der Waals surface area contributed by atoms with Crippen molar-refractivity contribution in [1.82, 2.24) is 5.32 Å². The van der Waals surface area contributed by atoms with Crippen LogP contribution in [0.4, 0.5) is 0 Å². The van der Waals surface area contributed by atoms with Crippen LogP contribution in [0.25, 0.3) is 0 Å². The molecule has 6 nitrogen and oxygen atoms in total. The first-order valence-corrected chi connectivity index (χ1v) is 8.52. The Labute approximate surface area is 157 Å². The zero-order valence-corrected chi connectivity index (χ0v) is 15.0. The minimum atomic E-state index is -0.696. The fraction of sp³-hybridized carbons (Fsp3) is 0.190. The quantitative estimate of drug-likeness (QED) is 0.573. The number of carbonyl (C=O) groups is 3. The van der Waals surface area contributed by atoms with E-state index in [9.17, 15) is 14.4 Å². The Bertz CT molecular complexity index is 787. The van der Waals surface area contributed by atoms with E-state index >= 15 is 0 Å². The zero-order valence-electron chi connectivity index (χ0n) is 15.0. The van der Waals surface area contributed by atoms with Gasteiger partial charge in [0.15, 0.2) is 0 Å². The Morgan fingerprint density at radius 3 is 2.04 bits per heavy atom. The number of hydrogen-bond donors (Lipinski definition) is 1. The lowest BCUT2D eigenvalue weighted by Crippen LogP contribution is -2.32. The van der Waals surface area contributed by atoms with E-state index in [-0.39, 0.29) is 19.1 Å². The summed E-state index contributed by atoms with van der Waals surface area (Å²) in [5.41, 5.74) is 1.30. The number of carbonyl (C=O) groups excluding carboxylic acids is 3. The second kappa shape index (κ2) is 10.6. The SMILES string of the molecule is CCOC(=O)/C=C/C(=O)OC[C@@H](NC(=O)c1ccccc1)c1ccccc1. The van der Waals surface area contributed by atoms with Gasteiger partial charge in [-0.3, -0.25) is 4.79 Å². The van der Waals surface area contributed by atoms with E-state index in [2.05, 4.69) is 5.32 Å². The average molecular weight is 367 g/mol. The number of hydrogen-bond acceptors (Lipinski definition) is 5. The van der Waals surface area contributed by atoms with Gasteiger partial charge in [0, 0.05) is 17.7 Å². The molecule has 0 saturated carbocycles. The van der Waals surface area contributed by atoms with Crippen LogP contribution in [-0.4, -0.2) is 31.1 Å². The highest BCUT2D eigenvalue weighted by molar-refractivity contribution is 5.94. The third-order valence-corrected chi connectivity index (χ3v) is 3.58. The molecule has 6 heteroatoms. The standard InChI is InChI=1S/C21H21NO5/c1-2-26-19(23)13-14-20(24)27-15-18(16-9-5-3-6-10-16)22-21(25)17-11-7-4-8-12-17/h3-14,18H,2,15H2,1H3,(H,22,25)/b14-13+/t18-/m1/s1. The van der Waals surface area contributed by atoms with E-state index in [0.717, 1.165) is 17.7 Å².